The summed E-state index contributed by atoms with van der Waals surface area (Å²) in [5.41, 5.74) is 6.49. The highest BCUT2D eigenvalue weighted by atomic mass is 15.2. The summed E-state index contributed by atoms with van der Waals surface area (Å²) in [5.74, 6) is 4.96. The normalized spacial score (nSPS) is 39.5. The van der Waals surface area contributed by atoms with Gasteiger partial charge in [0.2, 0.25) is 0 Å². The Balaban J connectivity index is 1.60. The lowest BCUT2D eigenvalue weighted by Crippen LogP contribution is -2.55. The molecule has 0 aliphatic heterocycles. The first-order chi connectivity index (χ1) is 9.20. The maximum Gasteiger partial charge on any atom is 0.128 e. The van der Waals surface area contributed by atoms with Gasteiger partial charge in [-0.2, -0.15) is 0 Å². The van der Waals surface area contributed by atoms with Crippen molar-refractivity contribution >= 4 is 11.5 Å². The van der Waals surface area contributed by atoms with Gasteiger partial charge in [-0.3, -0.25) is 0 Å². The summed E-state index contributed by atoms with van der Waals surface area (Å²) < 4.78 is 0. The zero-order chi connectivity index (χ0) is 13.0. The maximum atomic E-state index is 5.74. The highest BCUT2D eigenvalue weighted by molar-refractivity contribution is 5.46. The molecule has 5 rings (SSSR count). The Morgan fingerprint density at radius 2 is 1.68 bits per heavy atom. The average Bonchev–Trinajstić information content (AvgIpc) is 2.38. The number of nitrogens with zero attached hydrogens (tertiary/aromatic N) is 2. The zero-order valence-electron chi connectivity index (χ0n) is 11.6. The van der Waals surface area contributed by atoms with Crippen molar-refractivity contribution in [3.8, 4) is 0 Å². The fourth-order valence-corrected chi connectivity index (χ4v) is 5.29. The summed E-state index contributed by atoms with van der Waals surface area (Å²) in [4.78, 5) is 6.95. The molecule has 0 spiro atoms. The number of aromatic nitrogens is 1. The van der Waals surface area contributed by atoms with Crippen molar-refractivity contribution in [1.29, 1.82) is 0 Å². The fourth-order valence-electron chi connectivity index (χ4n) is 5.29. The molecule has 4 aliphatic rings. The standard InChI is InChI=1S/C16H23N3/c1-19(15-3-2-14(17)9-18-15)16-12-5-10-4-11(7-12)8-13(16)6-10/h2-3,9-13,16H,4-8,17H2,1H3. The first-order valence-corrected chi connectivity index (χ1v) is 7.65. The molecule has 1 aromatic rings. The van der Waals surface area contributed by atoms with Gasteiger partial charge in [-0.1, -0.05) is 0 Å². The number of hydrogen-bond donors (Lipinski definition) is 1. The van der Waals surface area contributed by atoms with Crippen LogP contribution >= 0.6 is 0 Å². The van der Waals surface area contributed by atoms with Crippen LogP contribution in [0.2, 0.25) is 0 Å². The summed E-state index contributed by atoms with van der Waals surface area (Å²) in [6.07, 6.45) is 9.12. The van der Waals surface area contributed by atoms with Crippen LogP contribution in [0.5, 0.6) is 0 Å². The van der Waals surface area contributed by atoms with E-state index in [9.17, 15) is 0 Å². The molecule has 2 N–H and O–H groups in total. The molecule has 4 fully saturated rings. The molecule has 4 aliphatic carbocycles. The topological polar surface area (TPSA) is 42.1 Å². The molecule has 0 amide bonds. The van der Waals surface area contributed by atoms with Crippen LogP contribution in [0.3, 0.4) is 0 Å². The lowest BCUT2D eigenvalue weighted by atomic mass is 9.54. The van der Waals surface area contributed by atoms with Gasteiger partial charge in [0.25, 0.3) is 0 Å². The van der Waals surface area contributed by atoms with E-state index >= 15 is 0 Å². The number of rotatable bonds is 2. The smallest absolute Gasteiger partial charge is 0.128 e. The van der Waals surface area contributed by atoms with E-state index in [0.29, 0.717) is 6.04 Å². The van der Waals surface area contributed by atoms with E-state index in [-0.39, 0.29) is 0 Å². The monoisotopic (exact) mass is 257 g/mol. The van der Waals surface area contributed by atoms with Crippen LogP contribution < -0.4 is 10.6 Å². The lowest BCUT2D eigenvalue weighted by molar-refractivity contribution is -0.00142. The van der Waals surface area contributed by atoms with Crippen LogP contribution in [0.1, 0.15) is 32.1 Å². The Morgan fingerprint density at radius 1 is 1.05 bits per heavy atom. The Kier molecular flexibility index (Phi) is 2.51. The van der Waals surface area contributed by atoms with Gasteiger partial charge in [0, 0.05) is 13.1 Å². The molecule has 4 saturated carbocycles. The lowest BCUT2D eigenvalue weighted by Gasteiger charge is -2.56. The zero-order valence-corrected chi connectivity index (χ0v) is 11.6. The third-order valence-corrected chi connectivity index (χ3v) is 5.76. The molecule has 0 radical (unpaired) electrons. The van der Waals surface area contributed by atoms with Gasteiger partial charge >= 0.3 is 0 Å². The highest BCUT2D eigenvalue weighted by Gasteiger charge is 2.49. The van der Waals surface area contributed by atoms with E-state index in [1.165, 1.54) is 32.1 Å². The second-order valence-electron chi connectivity index (χ2n) is 6.98. The largest absolute Gasteiger partial charge is 0.397 e. The SMILES string of the molecule is CN(c1ccc(N)cn1)C1C2CC3CC(C2)CC1C3. The van der Waals surface area contributed by atoms with Crippen LogP contribution in [0.4, 0.5) is 11.5 Å². The molecule has 0 unspecified atom stereocenters. The van der Waals surface area contributed by atoms with E-state index in [1.54, 1.807) is 6.20 Å². The van der Waals surface area contributed by atoms with Gasteiger partial charge in [0.15, 0.2) is 0 Å². The molecule has 3 heteroatoms. The molecule has 1 heterocycles. The Bertz CT molecular complexity index is 439. The molecule has 0 aromatic carbocycles. The fraction of sp³-hybridized carbons (Fsp3) is 0.688. The highest BCUT2D eigenvalue weighted by Crippen LogP contribution is 2.55. The molecule has 4 bridgehead atoms. The number of nitrogens with two attached hydrogens (primary N) is 1. The van der Waals surface area contributed by atoms with Gasteiger partial charge < -0.3 is 10.6 Å². The molecular formula is C16H23N3. The first kappa shape index (κ1) is 11.6. The molecule has 1 aromatic heterocycles. The minimum atomic E-state index is 0.712. The number of nitrogen functional groups attached to an aromatic ring is 1. The van der Waals surface area contributed by atoms with Crippen molar-refractivity contribution in [2.75, 3.05) is 17.7 Å². The quantitative estimate of drug-likeness (QED) is 0.885. The van der Waals surface area contributed by atoms with Crippen molar-refractivity contribution in [2.45, 2.75) is 38.1 Å². The molecule has 102 valence electrons. The van der Waals surface area contributed by atoms with Gasteiger partial charge in [-0.25, -0.2) is 4.98 Å². The van der Waals surface area contributed by atoms with Crippen molar-refractivity contribution < 1.29 is 0 Å². The van der Waals surface area contributed by atoms with Gasteiger partial charge in [0.1, 0.15) is 5.82 Å². The predicted molar refractivity (Wildman–Crippen MR) is 77.9 cm³/mol. The molecule has 19 heavy (non-hydrogen) atoms. The third-order valence-electron chi connectivity index (χ3n) is 5.76. The number of hydrogen-bond acceptors (Lipinski definition) is 3. The predicted octanol–water partition coefficient (Wildman–Crippen LogP) is 2.92. The summed E-state index contributed by atoms with van der Waals surface area (Å²) >= 11 is 0. The minimum absolute atomic E-state index is 0.712. The van der Waals surface area contributed by atoms with Crippen LogP contribution in [0.15, 0.2) is 18.3 Å². The van der Waals surface area contributed by atoms with E-state index < -0.39 is 0 Å². The van der Waals surface area contributed by atoms with Crippen molar-refractivity contribution in [3.63, 3.8) is 0 Å². The van der Waals surface area contributed by atoms with Gasteiger partial charge in [-0.15, -0.1) is 0 Å². The summed E-state index contributed by atoms with van der Waals surface area (Å²) in [5, 5.41) is 0. The minimum Gasteiger partial charge on any atom is -0.397 e. The van der Waals surface area contributed by atoms with E-state index in [2.05, 4.69) is 23.0 Å². The van der Waals surface area contributed by atoms with Crippen LogP contribution in [0, 0.1) is 23.7 Å². The molecule has 3 nitrogen and oxygen atoms in total. The molecule has 0 atom stereocenters. The van der Waals surface area contributed by atoms with E-state index in [1.807, 2.05) is 6.07 Å². The van der Waals surface area contributed by atoms with Gasteiger partial charge in [0.05, 0.1) is 11.9 Å². The second kappa shape index (κ2) is 4.12. The summed E-state index contributed by atoms with van der Waals surface area (Å²) in [7, 11) is 2.23. The van der Waals surface area contributed by atoms with Crippen molar-refractivity contribution in [1.82, 2.24) is 4.98 Å². The Labute approximate surface area is 115 Å². The Hall–Kier alpha value is -1.25. The number of anilines is 2. The Morgan fingerprint density at radius 3 is 2.21 bits per heavy atom. The van der Waals surface area contributed by atoms with Crippen LogP contribution in [0.25, 0.3) is 0 Å². The summed E-state index contributed by atoms with van der Waals surface area (Å²) in [6.45, 7) is 0. The van der Waals surface area contributed by atoms with Gasteiger partial charge in [-0.05, 0) is 67.9 Å². The van der Waals surface area contributed by atoms with E-state index in [0.717, 1.165) is 35.2 Å². The van der Waals surface area contributed by atoms with Crippen molar-refractivity contribution in [2.24, 2.45) is 23.7 Å². The molecule has 0 saturated heterocycles. The maximum absolute atomic E-state index is 5.74. The average molecular weight is 257 g/mol. The third kappa shape index (κ3) is 1.82. The van der Waals surface area contributed by atoms with Crippen molar-refractivity contribution in [3.05, 3.63) is 18.3 Å². The second-order valence-corrected chi connectivity index (χ2v) is 6.98. The van der Waals surface area contributed by atoms with E-state index in [4.69, 9.17) is 5.73 Å². The summed E-state index contributed by atoms with van der Waals surface area (Å²) in [6, 6.07) is 4.75. The van der Waals surface area contributed by atoms with Crippen LogP contribution in [-0.2, 0) is 0 Å². The molecular weight excluding hydrogens is 234 g/mol. The first-order valence-electron chi connectivity index (χ1n) is 7.65. The van der Waals surface area contributed by atoms with Crippen LogP contribution in [-0.4, -0.2) is 18.1 Å². The number of pyridine rings is 1.